The standard InChI is InChI=1S/C56H31N3S2/c1-58-51-50(40-26-12-11-23-37(40)34-17-5-2-6-18-34)48(35-19-7-3-8-20-35)45(33-57)49(36-21-9-4-10-22-36)54(51)59-52-41(29-31-43-38-24-13-15-27-46(38)60-55(43)52)42-30-32-44-39-25-14-16-28-47(39)61-56(44)53(42)59/h2-32H. The van der Waals surface area contributed by atoms with Crippen molar-refractivity contribution < 1.29 is 0 Å². The second-order valence-electron chi connectivity index (χ2n) is 15.3. The molecule has 282 valence electrons. The lowest BCUT2D eigenvalue weighted by atomic mass is 9.81. The molecule has 3 heterocycles. The van der Waals surface area contributed by atoms with E-state index in [2.05, 4.69) is 155 Å². The third kappa shape index (κ3) is 5.19. The van der Waals surface area contributed by atoms with Gasteiger partial charge in [0.05, 0.1) is 38.3 Å². The van der Waals surface area contributed by atoms with Crippen molar-refractivity contribution >= 4 is 90.5 Å². The number of fused-ring (bicyclic) bond motifs is 11. The molecule has 61 heavy (non-hydrogen) atoms. The lowest BCUT2D eigenvalue weighted by Gasteiger charge is -2.25. The normalized spacial score (nSPS) is 11.6. The first kappa shape index (κ1) is 35.2. The van der Waals surface area contributed by atoms with E-state index in [1.165, 1.54) is 30.9 Å². The molecule has 0 fully saturated rings. The van der Waals surface area contributed by atoms with Crippen LogP contribution in [0.2, 0.25) is 0 Å². The average molecular weight is 810 g/mol. The molecule has 3 aromatic heterocycles. The molecule has 9 aromatic carbocycles. The van der Waals surface area contributed by atoms with Gasteiger partial charge in [0, 0.05) is 47.3 Å². The zero-order valence-corrected chi connectivity index (χ0v) is 34.2. The molecule has 0 N–H and O–H groups in total. The summed E-state index contributed by atoms with van der Waals surface area (Å²) >= 11 is 3.58. The van der Waals surface area contributed by atoms with Crippen LogP contribution >= 0.6 is 22.7 Å². The molecule has 0 saturated heterocycles. The maximum atomic E-state index is 11.8. The van der Waals surface area contributed by atoms with Crippen LogP contribution in [0.1, 0.15) is 5.56 Å². The van der Waals surface area contributed by atoms with E-state index in [-0.39, 0.29) is 0 Å². The van der Waals surface area contributed by atoms with Gasteiger partial charge in [-0.15, -0.1) is 22.7 Å². The van der Waals surface area contributed by atoms with Crippen molar-refractivity contribution in [3.05, 3.63) is 205 Å². The molecule has 3 nitrogen and oxygen atoms in total. The number of hydrogen-bond donors (Lipinski definition) is 0. The Hall–Kier alpha value is -7.80. The molecule has 0 aliphatic carbocycles. The summed E-state index contributed by atoms with van der Waals surface area (Å²) in [6.45, 7) is 9.45. The van der Waals surface area contributed by atoms with Gasteiger partial charge in [-0.3, -0.25) is 0 Å². The van der Waals surface area contributed by atoms with Crippen LogP contribution in [0.3, 0.4) is 0 Å². The SMILES string of the molecule is [C-]#[N+]c1c(-c2ccccc2-c2ccccc2)c(-c2ccccc2)c(C#N)c(-c2ccccc2)c1-n1c2c(ccc3c4ccccc4sc32)c2ccc3c4ccccc4sc3c21. The van der Waals surface area contributed by atoms with E-state index in [1.807, 2.05) is 48.5 Å². The smallest absolute Gasteiger partial charge is 0.219 e. The molecule has 12 aromatic rings. The van der Waals surface area contributed by atoms with Gasteiger partial charge in [0.15, 0.2) is 0 Å². The van der Waals surface area contributed by atoms with E-state index in [0.29, 0.717) is 16.9 Å². The lowest BCUT2D eigenvalue weighted by molar-refractivity contribution is 1.20. The Kier molecular flexibility index (Phi) is 8.02. The van der Waals surface area contributed by atoms with Gasteiger partial charge in [0.25, 0.3) is 0 Å². The maximum Gasteiger partial charge on any atom is 0.219 e. The number of rotatable bonds is 5. The predicted molar refractivity (Wildman–Crippen MR) is 259 cm³/mol. The quantitative estimate of drug-likeness (QED) is 0.159. The number of nitrogens with zero attached hydrogens (tertiary/aromatic N) is 3. The Morgan fingerprint density at radius 2 is 0.869 bits per heavy atom. The third-order valence-electron chi connectivity index (χ3n) is 12.1. The van der Waals surface area contributed by atoms with E-state index in [4.69, 9.17) is 0 Å². The number of thiophene rings is 2. The number of aromatic nitrogens is 1. The van der Waals surface area contributed by atoms with E-state index < -0.39 is 0 Å². The van der Waals surface area contributed by atoms with Crippen LogP contribution in [0.15, 0.2) is 188 Å². The van der Waals surface area contributed by atoms with Crippen molar-refractivity contribution in [1.82, 2.24) is 4.57 Å². The number of nitriles is 1. The molecule has 0 radical (unpaired) electrons. The number of hydrogen-bond acceptors (Lipinski definition) is 3. The highest BCUT2D eigenvalue weighted by Gasteiger charge is 2.32. The van der Waals surface area contributed by atoms with Gasteiger partial charge < -0.3 is 4.57 Å². The van der Waals surface area contributed by atoms with E-state index >= 15 is 0 Å². The van der Waals surface area contributed by atoms with Gasteiger partial charge in [-0.05, 0) is 51.1 Å². The minimum absolute atomic E-state index is 0.495. The van der Waals surface area contributed by atoms with Crippen molar-refractivity contribution in [2.24, 2.45) is 0 Å². The first-order valence-corrected chi connectivity index (χ1v) is 21.8. The molecule has 0 amide bonds. The van der Waals surface area contributed by atoms with Gasteiger partial charge in [-0.2, -0.15) is 5.26 Å². The molecular weight excluding hydrogens is 779 g/mol. The van der Waals surface area contributed by atoms with Crippen LogP contribution in [0.4, 0.5) is 5.69 Å². The fourth-order valence-corrected chi connectivity index (χ4v) is 12.0. The summed E-state index contributed by atoms with van der Waals surface area (Å²) in [7, 11) is 0. The third-order valence-corrected chi connectivity index (χ3v) is 14.5. The molecule has 0 spiro atoms. The summed E-state index contributed by atoms with van der Waals surface area (Å²) in [6.07, 6.45) is 0. The fraction of sp³-hybridized carbons (Fsp3) is 0. The molecule has 0 aliphatic rings. The number of benzene rings is 9. The van der Waals surface area contributed by atoms with Crippen molar-refractivity contribution in [1.29, 1.82) is 5.26 Å². The minimum Gasteiger partial charge on any atom is -0.316 e. The van der Waals surface area contributed by atoms with Gasteiger partial charge in [0.1, 0.15) is 6.07 Å². The maximum absolute atomic E-state index is 11.8. The predicted octanol–water partition coefficient (Wildman–Crippen LogP) is 16.6. The first-order chi connectivity index (χ1) is 30.2. The van der Waals surface area contributed by atoms with Crippen molar-refractivity contribution in [2.75, 3.05) is 0 Å². The Labute approximate surface area is 359 Å². The largest absolute Gasteiger partial charge is 0.316 e. The van der Waals surface area contributed by atoms with Crippen LogP contribution < -0.4 is 0 Å². The first-order valence-electron chi connectivity index (χ1n) is 20.2. The molecule has 0 unspecified atom stereocenters. The fourth-order valence-electron chi connectivity index (χ4n) is 9.54. The second-order valence-corrected chi connectivity index (χ2v) is 17.4. The Morgan fingerprint density at radius 1 is 0.426 bits per heavy atom. The highest BCUT2D eigenvalue weighted by Crippen LogP contribution is 2.56. The topological polar surface area (TPSA) is 33.1 Å². The lowest BCUT2D eigenvalue weighted by Crippen LogP contribution is -2.05. The van der Waals surface area contributed by atoms with Crippen molar-refractivity contribution in [3.8, 4) is 56.3 Å². The summed E-state index contributed by atoms with van der Waals surface area (Å²) in [5.41, 5.74) is 10.7. The highest BCUT2D eigenvalue weighted by atomic mass is 32.1. The van der Waals surface area contributed by atoms with Crippen LogP contribution in [0.5, 0.6) is 0 Å². The Balaban J connectivity index is 1.39. The highest BCUT2D eigenvalue weighted by molar-refractivity contribution is 7.27. The second kappa shape index (κ2) is 13.9. The van der Waals surface area contributed by atoms with Gasteiger partial charge >= 0.3 is 0 Å². The monoisotopic (exact) mass is 809 g/mol. The summed E-state index contributed by atoms with van der Waals surface area (Å²) in [6, 6.07) is 68.2. The van der Waals surface area contributed by atoms with Gasteiger partial charge in [0.2, 0.25) is 5.69 Å². The van der Waals surface area contributed by atoms with E-state index in [0.717, 1.165) is 75.7 Å². The molecular formula is C56H31N3S2. The zero-order valence-electron chi connectivity index (χ0n) is 32.6. The molecule has 0 saturated carbocycles. The van der Waals surface area contributed by atoms with Gasteiger partial charge in [-0.25, -0.2) is 4.85 Å². The molecule has 12 rings (SSSR count). The van der Waals surface area contributed by atoms with Crippen LogP contribution in [-0.2, 0) is 0 Å². The molecule has 0 aliphatic heterocycles. The van der Waals surface area contributed by atoms with Crippen LogP contribution in [0, 0.1) is 17.9 Å². The summed E-state index contributed by atoms with van der Waals surface area (Å²) in [4.78, 5) is 4.67. The van der Waals surface area contributed by atoms with E-state index in [9.17, 15) is 11.8 Å². The van der Waals surface area contributed by atoms with Gasteiger partial charge in [-0.1, -0.05) is 176 Å². The summed E-state index contributed by atoms with van der Waals surface area (Å²) in [5, 5.41) is 18.8. The Bertz CT molecular complexity index is 3700. The van der Waals surface area contributed by atoms with Crippen molar-refractivity contribution in [3.63, 3.8) is 0 Å². The van der Waals surface area contributed by atoms with Crippen molar-refractivity contribution in [2.45, 2.75) is 0 Å². The van der Waals surface area contributed by atoms with Crippen LogP contribution in [0.25, 0.3) is 117 Å². The Morgan fingerprint density at radius 3 is 1.39 bits per heavy atom. The summed E-state index contributed by atoms with van der Waals surface area (Å²) in [5.74, 6) is 0. The average Bonchev–Trinajstić information content (AvgIpc) is 4.01. The molecule has 0 bridgehead atoms. The minimum atomic E-state index is 0.495. The molecule has 5 heteroatoms. The van der Waals surface area contributed by atoms with E-state index in [1.54, 1.807) is 22.7 Å². The molecule has 0 atom stereocenters. The zero-order chi connectivity index (χ0) is 40.6. The van der Waals surface area contributed by atoms with Crippen LogP contribution in [-0.4, -0.2) is 4.57 Å². The summed E-state index contributed by atoms with van der Waals surface area (Å²) < 4.78 is 7.10.